The number of aliphatic hydroxyl groups is 2. The van der Waals surface area contributed by atoms with Gasteiger partial charge in [0.05, 0.1) is 18.2 Å². The van der Waals surface area contributed by atoms with Crippen molar-refractivity contribution < 1.29 is 10.2 Å². The molecule has 1 aromatic heterocycles. The van der Waals surface area contributed by atoms with Gasteiger partial charge < -0.3 is 14.8 Å². The van der Waals surface area contributed by atoms with Crippen LogP contribution in [0.5, 0.6) is 0 Å². The minimum Gasteiger partial charge on any atom is -0.395 e. The van der Waals surface area contributed by atoms with Crippen LogP contribution in [0.15, 0.2) is 54.3 Å². The Bertz CT molecular complexity index is 1050. The Hall–Kier alpha value is -1.84. The first-order chi connectivity index (χ1) is 14.6. The van der Waals surface area contributed by atoms with E-state index in [0.29, 0.717) is 17.8 Å². The molecule has 3 unspecified atom stereocenters. The third kappa shape index (κ3) is 2.39. The molecule has 3 heteroatoms. The summed E-state index contributed by atoms with van der Waals surface area (Å²) < 4.78 is 2.44. The molecule has 2 N–H and O–H groups in total. The standard InChI is InChI=1S/C27H33NO2/c1-26-13-11-23-21(7-6-19-16-20(30)10-14-27(19,23)17-29)22(26)8-9-25(26)28-15-12-18-4-2-3-5-24(18)28/h2-6,9,12,15,20-23,29-30H,7-8,10-11,13-14,16-17H2,1H3/t20-,21?,22?,23?,26-,27+/m0/s1. The van der Waals surface area contributed by atoms with Gasteiger partial charge in [0.15, 0.2) is 0 Å². The SMILES string of the molecule is C[C@]12CCC3C(CC=C4C[C@@H](O)CC[C@@]43CO)C1CC=C2n1ccc2ccccc21. The molecule has 0 spiro atoms. The van der Waals surface area contributed by atoms with Crippen molar-refractivity contribution in [3.63, 3.8) is 0 Å². The number of nitrogens with zero attached hydrogens (tertiary/aromatic N) is 1. The number of rotatable bonds is 2. The minimum absolute atomic E-state index is 0.0770. The second kappa shape index (κ2) is 6.58. The number of hydrogen-bond donors (Lipinski definition) is 2. The molecule has 0 amide bonds. The molecule has 0 saturated heterocycles. The fraction of sp³-hybridized carbons (Fsp3) is 0.556. The Kier molecular flexibility index (Phi) is 4.14. The van der Waals surface area contributed by atoms with Gasteiger partial charge in [-0.1, -0.05) is 42.8 Å². The van der Waals surface area contributed by atoms with Gasteiger partial charge in [-0.05, 0) is 80.2 Å². The van der Waals surface area contributed by atoms with Crippen molar-refractivity contribution in [2.75, 3.05) is 6.61 Å². The highest BCUT2D eigenvalue weighted by Gasteiger charge is 2.58. The molecule has 1 aromatic carbocycles. The number of benzene rings is 1. The van der Waals surface area contributed by atoms with Gasteiger partial charge in [0.25, 0.3) is 0 Å². The Morgan fingerprint density at radius 3 is 2.77 bits per heavy atom. The van der Waals surface area contributed by atoms with E-state index in [1.165, 1.54) is 35.0 Å². The van der Waals surface area contributed by atoms with E-state index < -0.39 is 0 Å². The molecule has 2 fully saturated rings. The van der Waals surface area contributed by atoms with E-state index in [-0.39, 0.29) is 23.5 Å². The Labute approximate surface area is 179 Å². The molecule has 2 saturated carbocycles. The van der Waals surface area contributed by atoms with Crippen LogP contribution in [0.4, 0.5) is 0 Å². The maximum atomic E-state index is 10.6. The highest BCUT2D eigenvalue weighted by Crippen LogP contribution is 2.65. The normalized spacial score (nSPS) is 40.4. The molecule has 158 valence electrons. The van der Waals surface area contributed by atoms with Gasteiger partial charge in [-0.2, -0.15) is 0 Å². The summed E-state index contributed by atoms with van der Waals surface area (Å²) in [6, 6.07) is 10.9. The first-order valence-corrected chi connectivity index (χ1v) is 11.8. The number of fused-ring (bicyclic) bond motifs is 6. The third-order valence-electron chi connectivity index (χ3n) is 9.48. The van der Waals surface area contributed by atoms with Crippen LogP contribution < -0.4 is 0 Å². The lowest BCUT2D eigenvalue weighted by atomic mass is 9.47. The van der Waals surface area contributed by atoms with Crippen LogP contribution in [0.25, 0.3) is 16.6 Å². The summed E-state index contributed by atoms with van der Waals surface area (Å²) in [7, 11) is 0. The summed E-state index contributed by atoms with van der Waals surface area (Å²) in [6.07, 6.45) is 14.1. The van der Waals surface area contributed by atoms with Crippen LogP contribution in [0.3, 0.4) is 0 Å². The predicted octanol–water partition coefficient (Wildman–Crippen LogP) is 5.39. The van der Waals surface area contributed by atoms with Crippen LogP contribution >= 0.6 is 0 Å². The van der Waals surface area contributed by atoms with Crippen molar-refractivity contribution in [3.05, 3.63) is 54.3 Å². The summed E-state index contributed by atoms with van der Waals surface area (Å²) in [5.41, 5.74) is 4.27. The van der Waals surface area contributed by atoms with Crippen molar-refractivity contribution in [2.45, 2.75) is 58.0 Å². The molecule has 4 aliphatic rings. The fourth-order valence-electron chi connectivity index (χ4n) is 7.94. The van der Waals surface area contributed by atoms with Crippen LogP contribution in [0, 0.1) is 28.6 Å². The lowest BCUT2D eigenvalue weighted by Gasteiger charge is -2.58. The summed E-state index contributed by atoms with van der Waals surface area (Å²) in [5, 5.41) is 22.1. The molecule has 4 aliphatic carbocycles. The zero-order chi connectivity index (χ0) is 20.5. The molecular weight excluding hydrogens is 370 g/mol. The van der Waals surface area contributed by atoms with Crippen molar-refractivity contribution >= 4 is 16.6 Å². The zero-order valence-electron chi connectivity index (χ0n) is 17.9. The second-order valence-corrected chi connectivity index (χ2v) is 10.6. The number of hydrogen-bond acceptors (Lipinski definition) is 2. The van der Waals surface area contributed by atoms with Gasteiger partial charge in [0.2, 0.25) is 0 Å². The molecule has 30 heavy (non-hydrogen) atoms. The van der Waals surface area contributed by atoms with Crippen molar-refractivity contribution in [3.8, 4) is 0 Å². The van der Waals surface area contributed by atoms with Gasteiger partial charge >= 0.3 is 0 Å². The maximum absolute atomic E-state index is 10.6. The topological polar surface area (TPSA) is 45.4 Å². The molecule has 1 heterocycles. The Balaban J connectivity index is 1.37. The number of aliphatic hydroxyl groups excluding tert-OH is 2. The molecule has 3 nitrogen and oxygen atoms in total. The minimum atomic E-state index is -0.219. The molecular formula is C27H33NO2. The van der Waals surface area contributed by atoms with E-state index in [2.05, 4.69) is 60.2 Å². The van der Waals surface area contributed by atoms with Gasteiger partial charge in [-0.15, -0.1) is 0 Å². The summed E-state index contributed by atoms with van der Waals surface area (Å²) in [6.45, 7) is 2.75. The molecule has 6 atom stereocenters. The van der Waals surface area contributed by atoms with E-state index in [4.69, 9.17) is 0 Å². The van der Waals surface area contributed by atoms with E-state index in [9.17, 15) is 10.2 Å². The van der Waals surface area contributed by atoms with E-state index in [0.717, 1.165) is 32.1 Å². The lowest BCUT2D eigenvalue weighted by Crippen LogP contribution is -2.52. The largest absolute Gasteiger partial charge is 0.395 e. The monoisotopic (exact) mass is 403 g/mol. The number of allylic oxidation sites excluding steroid dienone is 3. The first-order valence-electron chi connectivity index (χ1n) is 11.8. The smallest absolute Gasteiger partial charge is 0.0577 e. The van der Waals surface area contributed by atoms with Crippen molar-refractivity contribution in [1.29, 1.82) is 0 Å². The van der Waals surface area contributed by atoms with E-state index in [1.807, 2.05) is 0 Å². The number of aromatic nitrogens is 1. The second-order valence-electron chi connectivity index (χ2n) is 10.6. The quantitative estimate of drug-likeness (QED) is 0.661. The number of para-hydroxylation sites is 1. The van der Waals surface area contributed by atoms with Crippen molar-refractivity contribution in [2.24, 2.45) is 28.6 Å². The van der Waals surface area contributed by atoms with Gasteiger partial charge in [-0.25, -0.2) is 0 Å². The molecule has 0 aliphatic heterocycles. The maximum Gasteiger partial charge on any atom is 0.0577 e. The van der Waals surface area contributed by atoms with Crippen LogP contribution in [0.1, 0.15) is 51.9 Å². The molecule has 6 rings (SSSR count). The highest BCUT2D eigenvalue weighted by molar-refractivity contribution is 5.84. The Morgan fingerprint density at radius 2 is 1.90 bits per heavy atom. The highest BCUT2D eigenvalue weighted by atomic mass is 16.3. The molecule has 0 radical (unpaired) electrons. The summed E-state index contributed by atoms with van der Waals surface area (Å²) >= 11 is 0. The Morgan fingerprint density at radius 1 is 1.03 bits per heavy atom. The van der Waals surface area contributed by atoms with Crippen LogP contribution in [-0.4, -0.2) is 27.5 Å². The lowest BCUT2D eigenvalue weighted by molar-refractivity contribution is -0.0569. The van der Waals surface area contributed by atoms with Crippen molar-refractivity contribution in [1.82, 2.24) is 4.57 Å². The summed E-state index contributed by atoms with van der Waals surface area (Å²) in [4.78, 5) is 0. The zero-order valence-corrected chi connectivity index (χ0v) is 17.9. The fourth-order valence-corrected chi connectivity index (χ4v) is 7.94. The van der Waals surface area contributed by atoms with Crippen LogP contribution in [0.2, 0.25) is 0 Å². The summed E-state index contributed by atoms with van der Waals surface area (Å²) in [5.74, 6) is 1.83. The van der Waals surface area contributed by atoms with E-state index >= 15 is 0 Å². The average Bonchev–Trinajstić information content (AvgIpc) is 3.33. The average molecular weight is 404 g/mol. The van der Waals surface area contributed by atoms with Gasteiger partial charge in [-0.3, -0.25) is 0 Å². The van der Waals surface area contributed by atoms with Gasteiger partial charge in [0.1, 0.15) is 0 Å². The third-order valence-corrected chi connectivity index (χ3v) is 9.48. The molecule has 2 aromatic rings. The van der Waals surface area contributed by atoms with E-state index in [1.54, 1.807) is 0 Å². The van der Waals surface area contributed by atoms with Crippen LogP contribution in [-0.2, 0) is 0 Å². The molecule has 0 bridgehead atoms. The first kappa shape index (κ1) is 18.9. The predicted molar refractivity (Wildman–Crippen MR) is 121 cm³/mol. The van der Waals surface area contributed by atoms with Gasteiger partial charge in [0, 0.05) is 22.7 Å².